The van der Waals surface area contributed by atoms with Crippen molar-refractivity contribution in [3.8, 4) is 5.75 Å². The molecule has 2 N–H and O–H groups in total. The van der Waals surface area contributed by atoms with Crippen LogP contribution < -0.4 is 10.1 Å². The molecule has 0 radical (unpaired) electrons. The quantitative estimate of drug-likeness (QED) is 0.772. The van der Waals surface area contributed by atoms with Gasteiger partial charge in [0.15, 0.2) is 5.65 Å². The molecule has 0 atom stereocenters. The number of benzene rings is 1. The third-order valence-electron chi connectivity index (χ3n) is 3.33. The summed E-state index contributed by atoms with van der Waals surface area (Å²) >= 11 is 0. The number of H-pyrrole nitrogens is 1. The monoisotopic (exact) mass is 311 g/mol. The van der Waals surface area contributed by atoms with Gasteiger partial charge < -0.3 is 10.1 Å². The van der Waals surface area contributed by atoms with E-state index in [1.54, 1.807) is 6.20 Å². The SMILES string of the molecule is Cc1ccc(CNc2ncnc3[nH]ncc23)c(OC(C)(C)C)c1. The number of nitrogens with zero attached hydrogens (tertiary/aromatic N) is 3. The van der Waals surface area contributed by atoms with E-state index in [0.717, 1.165) is 28.2 Å². The Hall–Kier alpha value is -2.63. The lowest BCUT2D eigenvalue weighted by molar-refractivity contribution is 0.129. The Morgan fingerprint density at radius 2 is 2.04 bits per heavy atom. The topological polar surface area (TPSA) is 75.7 Å². The van der Waals surface area contributed by atoms with Crippen LogP contribution >= 0.6 is 0 Å². The fourth-order valence-electron chi connectivity index (χ4n) is 2.32. The highest BCUT2D eigenvalue weighted by Crippen LogP contribution is 2.26. The molecule has 3 rings (SSSR count). The lowest BCUT2D eigenvalue weighted by Gasteiger charge is -2.24. The second kappa shape index (κ2) is 5.87. The van der Waals surface area contributed by atoms with Crippen LogP contribution in [0.15, 0.2) is 30.7 Å². The zero-order valence-corrected chi connectivity index (χ0v) is 13.8. The van der Waals surface area contributed by atoms with Crippen molar-refractivity contribution < 1.29 is 4.74 Å². The number of fused-ring (bicyclic) bond motifs is 1. The van der Waals surface area contributed by atoms with E-state index in [9.17, 15) is 0 Å². The molecule has 1 aromatic carbocycles. The molecular formula is C17H21N5O. The third-order valence-corrected chi connectivity index (χ3v) is 3.33. The fraction of sp³-hybridized carbons (Fsp3) is 0.353. The van der Waals surface area contributed by atoms with Crippen molar-refractivity contribution in [2.24, 2.45) is 0 Å². The van der Waals surface area contributed by atoms with Crippen molar-refractivity contribution in [2.45, 2.75) is 39.8 Å². The number of hydrogen-bond acceptors (Lipinski definition) is 5. The van der Waals surface area contributed by atoms with E-state index in [1.165, 1.54) is 11.9 Å². The first kappa shape index (κ1) is 15.3. The minimum atomic E-state index is -0.241. The van der Waals surface area contributed by atoms with Gasteiger partial charge in [0, 0.05) is 12.1 Å². The average Bonchev–Trinajstić information content (AvgIpc) is 2.93. The Bertz CT molecular complexity index is 819. The molecule has 6 nitrogen and oxygen atoms in total. The summed E-state index contributed by atoms with van der Waals surface area (Å²) in [5, 5.41) is 11.1. The molecule has 6 heteroatoms. The molecule has 0 aliphatic heterocycles. The smallest absolute Gasteiger partial charge is 0.160 e. The first-order valence-corrected chi connectivity index (χ1v) is 7.59. The molecule has 23 heavy (non-hydrogen) atoms. The van der Waals surface area contributed by atoms with Gasteiger partial charge in [-0.25, -0.2) is 9.97 Å². The summed E-state index contributed by atoms with van der Waals surface area (Å²) in [6.07, 6.45) is 3.24. The van der Waals surface area contributed by atoms with Crippen LogP contribution in [0.25, 0.3) is 11.0 Å². The molecule has 0 aliphatic rings. The molecule has 2 aromatic heterocycles. The van der Waals surface area contributed by atoms with Gasteiger partial charge in [-0.05, 0) is 39.3 Å². The highest BCUT2D eigenvalue weighted by Gasteiger charge is 2.15. The van der Waals surface area contributed by atoms with Crippen LogP contribution in [0.3, 0.4) is 0 Å². The van der Waals surface area contributed by atoms with Crippen molar-refractivity contribution in [1.29, 1.82) is 0 Å². The standard InChI is InChI=1S/C17H21N5O/c1-11-5-6-12(14(7-11)23-17(2,3)4)8-18-15-13-9-21-22-16(13)20-10-19-15/h5-7,9-10H,8H2,1-4H3,(H2,18,19,20,21,22). The van der Waals surface area contributed by atoms with Gasteiger partial charge in [-0.1, -0.05) is 12.1 Å². The predicted molar refractivity (Wildman–Crippen MR) is 90.6 cm³/mol. The van der Waals surface area contributed by atoms with E-state index in [4.69, 9.17) is 4.74 Å². The number of aromatic nitrogens is 4. The number of hydrogen-bond donors (Lipinski definition) is 2. The van der Waals surface area contributed by atoms with Crippen LogP contribution in [-0.4, -0.2) is 25.8 Å². The highest BCUT2D eigenvalue weighted by molar-refractivity contribution is 5.85. The molecule has 0 spiro atoms. The van der Waals surface area contributed by atoms with E-state index < -0.39 is 0 Å². The van der Waals surface area contributed by atoms with Gasteiger partial charge in [0.25, 0.3) is 0 Å². The second-order valence-corrected chi connectivity index (χ2v) is 6.53. The molecule has 3 aromatic rings. The average molecular weight is 311 g/mol. The molecule has 0 saturated carbocycles. The largest absolute Gasteiger partial charge is 0.488 e. The van der Waals surface area contributed by atoms with E-state index >= 15 is 0 Å². The summed E-state index contributed by atoms with van der Waals surface area (Å²) in [4.78, 5) is 8.43. The van der Waals surface area contributed by atoms with Crippen LogP contribution in [-0.2, 0) is 6.54 Å². The van der Waals surface area contributed by atoms with Gasteiger partial charge in [-0.3, -0.25) is 5.10 Å². The summed E-state index contributed by atoms with van der Waals surface area (Å²) < 4.78 is 6.08. The van der Waals surface area contributed by atoms with Crippen LogP contribution in [0, 0.1) is 6.92 Å². The zero-order chi connectivity index (χ0) is 16.4. The number of ether oxygens (including phenoxy) is 1. The molecule has 0 fully saturated rings. The van der Waals surface area contributed by atoms with Crippen molar-refractivity contribution in [3.05, 3.63) is 41.9 Å². The minimum absolute atomic E-state index is 0.241. The normalized spacial score (nSPS) is 11.7. The molecule has 0 bridgehead atoms. The van der Waals surface area contributed by atoms with Gasteiger partial charge in [-0.15, -0.1) is 0 Å². The first-order valence-electron chi connectivity index (χ1n) is 7.59. The van der Waals surface area contributed by atoms with Crippen molar-refractivity contribution >= 4 is 16.9 Å². The summed E-state index contributed by atoms with van der Waals surface area (Å²) in [5.41, 5.74) is 2.74. The van der Waals surface area contributed by atoms with E-state index in [2.05, 4.69) is 50.6 Å². The van der Waals surface area contributed by atoms with Crippen LogP contribution in [0.5, 0.6) is 5.75 Å². The second-order valence-electron chi connectivity index (χ2n) is 6.53. The maximum Gasteiger partial charge on any atom is 0.160 e. The fourth-order valence-corrected chi connectivity index (χ4v) is 2.32. The number of aromatic amines is 1. The Morgan fingerprint density at radius 3 is 2.83 bits per heavy atom. The molecule has 0 amide bonds. The Kier molecular flexibility index (Phi) is 3.90. The van der Waals surface area contributed by atoms with Gasteiger partial charge in [0.05, 0.1) is 11.6 Å². The summed E-state index contributed by atoms with van der Waals surface area (Å²) in [6, 6.07) is 6.23. The Morgan fingerprint density at radius 1 is 1.22 bits per heavy atom. The number of rotatable bonds is 4. The van der Waals surface area contributed by atoms with Crippen molar-refractivity contribution in [1.82, 2.24) is 20.2 Å². The maximum atomic E-state index is 6.08. The van der Waals surface area contributed by atoms with E-state index in [1.807, 2.05) is 20.8 Å². The molecule has 2 heterocycles. The lowest BCUT2D eigenvalue weighted by Crippen LogP contribution is -2.24. The summed E-state index contributed by atoms with van der Waals surface area (Å²) in [7, 11) is 0. The molecule has 0 aliphatic carbocycles. The van der Waals surface area contributed by atoms with Crippen LogP contribution in [0.2, 0.25) is 0 Å². The third kappa shape index (κ3) is 3.59. The van der Waals surface area contributed by atoms with Gasteiger partial charge in [0.1, 0.15) is 23.5 Å². The predicted octanol–water partition coefficient (Wildman–Crippen LogP) is 3.45. The molecule has 0 unspecified atom stereocenters. The summed E-state index contributed by atoms with van der Waals surface area (Å²) in [6.45, 7) is 8.82. The van der Waals surface area contributed by atoms with Gasteiger partial charge in [-0.2, -0.15) is 5.10 Å². The maximum absolute atomic E-state index is 6.08. The Balaban J connectivity index is 1.84. The Labute approximate surface area is 135 Å². The van der Waals surface area contributed by atoms with E-state index in [0.29, 0.717) is 6.54 Å². The molecule has 120 valence electrons. The molecule has 0 saturated heterocycles. The molecular weight excluding hydrogens is 290 g/mol. The van der Waals surface area contributed by atoms with E-state index in [-0.39, 0.29) is 5.60 Å². The number of anilines is 1. The minimum Gasteiger partial charge on any atom is -0.488 e. The van der Waals surface area contributed by atoms with Crippen molar-refractivity contribution in [3.63, 3.8) is 0 Å². The van der Waals surface area contributed by atoms with Crippen LogP contribution in [0.1, 0.15) is 31.9 Å². The highest BCUT2D eigenvalue weighted by atomic mass is 16.5. The van der Waals surface area contributed by atoms with Crippen LogP contribution in [0.4, 0.5) is 5.82 Å². The summed E-state index contributed by atoms with van der Waals surface area (Å²) in [5.74, 6) is 1.65. The lowest BCUT2D eigenvalue weighted by atomic mass is 10.1. The van der Waals surface area contributed by atoms with Crippen molar-refractivity contribution in [2.75, 3.05) is 5.32 Å². The number of nitrogens with one attached hydrogen (secondary N) is 2. The number of aryl methyl sites for hydroxylation is 1. The first-order chi connectivity index (χ1) is 10.9. The van der Waals surface area contributed by atoms with Gasteiger partial charge >= 0.3 is 0 Å². The van der Waals surface area contributed by atoms with Gasteiger partial charge in [0.2, 0.25) is 0 Å². The zero-order valence-electron chi connectivity index (χ0n) is 13.8.